The Morgan fingerprint density at radius 1 is 1.48 bits per heavy atom. The van der Waals surface area contributed by atoms with Gasteiger partial charge in [0, 0.05) is 10.2 Å². The molecule has 1 aromatic heterocycles. The average molecular weight is 371 g/mol. The number of nitrogens with one attached hydrogen (secondary N) is 1. The van der Waals surface area contributed by atoms with Crippen LogP contribution in [0, 0.1) is 17.0 Å². The van der Waals surface area contributed by atoms with Gasteiger partial charge < -0.3 is 5.32 Å². The van der Waals surface area contributed by atoms with Crippen molar-refractivity contribution in [2.24, 2.45) is 0 Å². The van der Waals surface area contributed by atoms with Crippen LogP contribution >= 0.6 is 27.5 Å². The van der Waals surface area contributed by atoms with Gasteiger partial charge in [-0.2, -0.15) is 0 Å². The molecule has 0 spiro atoms. The van der Waals surface area contributed by atoms with Gasteiger partial charge in [0.25, 0.3) is 11.6 Å². The molecule has 2 rings (SSSR count). The maximum Gasteiger partial charge on any atom is 0.300 e. The predicted molar refractivity (Wildman–Crippen MR) is 82.7 cm³/mol. The van der Waals surface area contributed by atoms with E-state index < -0.39 is 16.5 Å². The highest BCUT2D eigenvalue weighted by molar-refractivity contribution is 9.10. The van der Waals surface area contributed by atoms with E-state index in [9.17, 15) is 14.9 Å². The molecule has 0 saturated carbocycles. The third-order valence-corrected chi connectivity index (χ3v) is 3.87. The highest BCUT2D eigenvalue weighted by Gasteiger charge is 2.22. The molecule has 21 heavy (non-hydrogen) atoms. The zero-order chi connectivity index (χ0) is 15.6. The van der Waals surface area contributed by atoms with Gasteiger partial charge in [0.2, 0.25) is 0 Å². The van der Waals surface area contributed by atoms with Crippen LogP contribution in [0.3, 0.4) is 0 Å². The Hall–Kier alpha value is -1.99. The first-order valence-electron chi connectivity index (χ1n) is 5.76. The van der Waals surface area contributed by atoms with E-state index in [0.29, 0.717) is 5.69 Å². The van der Waals surface area contributed by atoms with Gasteiger partial charge in [0.1, 0.15) is 16.9 Å². The van der Waals surface area contributed by atoms with E-state index in [1.54, 1.807) is 12.1 Å². The first kappa shape index (κ1) is 15.4. The number of halogens is 2. The predicted octanol–water partition coefficient (Wildman–Crippen LogP) is 3.97. The van der Waals surface area contributed by atoms with Crippen molar-refractivity contribution in [3.8, 4) is 0 Å². The molecule has 2 aromatic rings. The van der Waals surface area contributed by atoms with Crippen molar-refractivity contribution in [1.29, 1.82) is 0 Å². The van der Waals surface area contributed by atoms with Crippen molar-refractivity contribution in [1.82, 2.24) is 4.98 Å². The molecule has 1 amide bonds. The average Bonchev–Trinajstić information content (AvgIpc) is 2.43. The third kappa shape index (κ3) is 3.37. The van der Waals surface area contributed by atoms with Gasteiger partial charge in [-0.3, -0.25) is 14.9 Å². The number of benzene rings is 1. The summed E-state index contributed by atoms with van der Waals surface area (Å²) in [4.78, 5) is 26.1. The largest absolute Gasteiger partial charge is 0.321 e. The Balaban J connectivity index is 2.39. The van der Waals surface area contributed by atoms with E-state index in [4.69, 9.17) is 11.6 Å². The summed E-state index contributed by atoms with van der Waals surface area (Å²) in [6.07, 6.45) is 0.963. The molecule has 0 fully saturated rings. The molecule has 108 valence electrons. The summed E-state index contributed by atoms with van der Waals surface area (Å²) in [7, 11) is 0. The van der Waals surface area contributed by atoms with Crippen LogP contribution in [0.25, 0.3) is 0 Å². The lowest BCUT2D eigenvalue weighted by Gasteiger charge is -2.09. The third-order valence-electron chi connectivity index (χ3n) is 2.81. The van der Waals surface area contributed by atoms with Crippen molar-refractivity contribution < 1.29 is 9.72 Å². The summed E-state index contributed by atoms with van der Waals surface area (Å²) < 4.78 is 0.822. The van der Waals surface area contributed by atoms with E-state index in [1.807, 2.05) is 13.0 Å². The van der Waals surface area contributed by atoms with Gasteiger partial charge in [-0.15, -0.1) is 0 Å². The van der Waals surface area contributed by atoms with Crippen LogP contribution < -0.4 is 5.32 Å². The fourth-order valence-corrected chi connectivity index (χ4v) is 2.21. The fourth-order valence-electron chi connectivity index (χ4n) is 1.68. The van der Waals surface area contributed by atoms with Crippen molar-refractivity contribution >= 4 is 44.8 Å². The Morgan fingerprint density at radius 2 is 2.19 bits per heavy atom. The van der Waals surface area contributed by atoms with E-state index in [1.165, 1.54) is 6.07 Å². The molecule has 1 N–H and O–H groups in total. The molecule has 1 aromatic carbocycles. The number of amides is 1. The van der Waals surface area contributed by atoms with Crippen LogP contribution in [0.15, 0.2) is 34.9 Å². The summed E-state index contributed by atoms with van der Waals surface area (Å²) in [6.45, 7) is 1.81. The van der Waals surface area contributed by atoms with Crippen LogP contribution in [-0.2, 0) is 0 Å². The molecule has 0 bridgehead atoms. The summed E-state index contributed by atoms with van der Waals surface area (Å²) >= 11 is 9.05. The van der Waals surface area contributed by atoms with Gasteiger partial charge in [-0.1, -0.05) is 33.6 Å². The SMILES string of the molecule is Cc1c(Br)cccc1NC(=O)c1cc(Cl)ncc1[N+](=O)[O-]. The maximum absolute atomic E-state index is 12.2. The number of pyridine rings is 1. The minimum absolute atomic E-state index is 0.0108. The standard InChI is InChI=1S/C13H9BrClN3O3/c1-7-9(14)3-2-4-10(7)17-13(19)8-5-12(15)16-6-11(8)18(20)21/h2-6H,1H3,(H,17,19). The second-order valence-electron chi connectivity index (χ2n) is 4.15. The lowest BCUT2D eigenvalue weighted by Crippen LogP contribution is -2.15. The highest BCUT2D eigenvalue weighted by atomic mass is 79.9. The number of carbonyl (C=O) groups excluding carboxylic acids is 1. The number of aromatic nitrogens is 1. The van der Waals surface area contributed by atoms with Gasteiger partial charge in [0.15, 0.2) is 0 Å². The monoisotopic (exact) mass is 369 g/mol. The molecule has 0 atom stereocenters. The lowest BCUT2D eigenvalue weighted by atomic mass is 10.1. The number of nitro groups is 1. The molecule has 0 radical (unpaired) electrons. The fraction of sp³-hybridized carbons (Fsp3) is 0.0769. The highest BCUT2D eigenvalue weighted by Crippen LogP contribution is 2.26. The Kier molecular flexibility index (Phi) is 4.54. The van der Waals surface area contributed by atoms with E-state index in [2.05, 4.69) is 26.2 Å². The lowest BCUT2D eigenvalue weighted by molar-refractivity contribution is -0.385. The number of nitrogens with zero attached hydrogens (tertiary/aromatic N) is 2. The topological polar surface area (TPSA) is 85.1 Å². The number of anilines is 1. The van der Waals surface area contributed by atoms with Crippen LogP contribution in [0.2, 0.25) is 5.15 Å². The Bertz CT molecular complexity index is 737. The quantitative estimate of drug-likeness (QED) is 0.503. The van der Waals surface area contributed by atoms with E-state index in [0.717, 1.165) is 16.2 Å². The maximum atomic E-state index is 12.2. The smallest absolute Gasteiger partial charge is 0.300 e. The van der Waals surface area contributed by atoms with Gasteiger partial charge in [-0.25, -0.2) is 4.98 Å². The van der Waals surface area contributed by atoms with E-state index >= 15 is 0 Å². The first-order valence-corrected chi connectivity index (χ1v) is 6.93. The Morgan fingerprint density at radius 3 is 2.86 bits per heavy atom. The van der Waals surface area contributed by atoms with Crippen molar-refractivity contribution in [2.75, 3.05) is 5.32 Å². The molecular weight excluding hydrogens is 362 g/mol. The molecule has 1 heterocycles. The van der Waals surface area contributed by atoms with Crippen LogP contribution in [0.1, 0.15) is 15.9 Å². The molecule has 0 aliphatic rings. The van der Waals surface area contributed by atoms with Gasteiger partial charge >= 0.3 is 0 Å². The van der Waals surface area contributed by atoms with Gasteiger partial charge in [-0.05, 0) is 30.7 Å². The van der Waals surface area contributed by atoms with Crippen LogP contribution in [0.5, 0.6) is 0 Å². The minimum Gasteiger partial charge on any atom is -0.321 e. The van der Waals surface area contributed by atoms with Gasteiger partial charge in [0.05, 0.1) is 4.92 Å². The molecule has 0 unspecified atom stereocenters. The van der Waals surface area contributed by atoms with Crippen molar-refractivity contribution in [2.45, 2.75) is 6.92 Å². The number of carbonyl (C=O) groups is 1. The van der Waals surface area contributed by atoms with Crippen LogP contribution in [0.4, 0.5) is 11.4 Å². The number of rotatable bonds is 3. The minimum atomic E-state index is -0.675. The second-order valence-corrected chi connectivity index (χ2v) is 5.39. The normalized spacial score (nSPS) is 10.2. The molecule has 0 aliphatic carbocycles. The summed E-state index contributed by atoms with van der Waals surface area (Å²) in [5.41, 5.74) is 0.828. The molecule has 0 saturated heterocycles. The molecular formula is C13H9BrClN3O3. The van der Waals surface area contributed by atoms with E-state index in [-0.39, 0.29) is 10.7 Å². The molecule has 6 nitrogen and oxygen atoms in total. The molecule has 8 heteroatoms. The summed E-state index contributed by atoms with van der Waals surface area (Å²) in [5.74, 6) is -0.618. The zero-order valence-electron chi connectivity index (χ0n) is 10.8. The first-order chi connectivity index (χ1) is 9.90. The molecule has 0 aliphatic heterocycles. The zero-order valence-corrected chi connectivity index (χ0v) is 13.1. The van der Waals surface area contributed by atoms with Crippen molar-refractivity contribution in [3.05, 3.63) is 61.3 Å². The Labute approximate surface area is 133 Å². The summed E-state index contributed by atoms with van der Waals surface area (Å²) in [6, 6.07) is 6.45. The van der Waals surface area contributed by atoms with Crippen molar-refractivity contribution in [3.63, 3.8) is 0 Å². The number of hydrogen-bond acceptors (Lipinski definition) is 4. The number of hydrogen-bond donors (Lipinski definition) is 1. The second kappa shape index (κ2) is 6.19. The van der Waals surface area contributed by atoms with Crippen LogP contribution in [-0.4, -0.2) is 15.8 Å². The summed E-state index contributed by atoms with van der Waals surface area (Å²) in [5, 5.41) is 13.6.